The molecule has 0 amide bonds. The van der Waals surface area contributed by atoms with Gasteiger partial charge in [-0.2, -0.15) is 0 Å². The Morgan fingerprint density at radius 1 is 1.02 bits per heavy atom. The van der Waals surface area contributed by atoms with E-state index in [9.17, 15) is 9.59 Å². The number of allylic oxidation sites excluding steroid dienone is 1. The predicted molar refractivity (Wildman–Crippen MR) is 182 cm³/mol. The number of ether oxygens (including phenoxy) is 4. The molecule has 6 rings (SSSR count). The molecule has 1 aliphatic rings. The summed E-state index contributed by atoms with van der Waals surface area (Å²) in [6.07, 6.45) is 1.79. The largest absolute Gasteiger partial charge is 0.497 e. The number of esters is 1. The molecule has 10 heteroatoms. The molecule has 1 aliphatic heterocycles. The van der Waals surface area contributed by atoms with Crippen molar-refractivity contribution in [1.82, 2.24) is 4.57 Å². The molecule has 0 saturated carbocycles. The van der Waals surface area contributed by atoms with Gasteiger partial charge in [0.25, 0.3) is 5.56 Å². The normalized spacial score (nSPS) is 14.5. The second kappa shape index (κ2) is 13.4. The molecule has 5 aromatic rings. The molecular formula is C36H31BrN2O6S. The third kappa shape index (κ3) is 5.98. The van der Waals surface area contributed by atoms with E-state index in [0.29, 0.717) is 48.9 Å². The van der Waals surface area contributed by atoms with E-state index in [2.05, 4.69) is 39.1 Å². The number of methoxy groups -OCH3 is 2. The van der Waals surface area contributed by atoms with Gasteiger partial charge in [0.05, 0.1) is 47.1 Å². The highest BCUT2D eigenvalue weighted by molar-refractivity contribution is 9.10. The first-order chi connectivity index (χ1) is 22.3. The molecule has 0 saturated heterocycles. The Labute approximate surface area is 278 Å². The zero-order valence-electron chi connectivity index (χ0n) is 25.7. The fourth-order valence-corrected chi connectivity index (χ4v) is 7.20. The van der Waals surface area contributed by atoms with Crippen LogP contribution >= 0.6 is 27.3 Å². The van der Waals surface area contributed by atoms with Crippen molar-refractivity contribution in [3.8, 4) is 17.2 Å². The summed E-state index contributed by atoms with van der Waals surface area (Å²) in [5, 5.41) is 2.27. The van der Waals surface area contributed by atoms with Gasteiger partial charge in [0.1, 0.15) is 12.4 Å². The average molecular weight is 700 g/mol. The van der Waals surface area contributed by atoms with Crippen LogP contribution < -0.4 is 29.1 Å². The third-order valence-electron chi connectivity index (χ3n) is 7.75. The van der Waals surface area contributed by atoms with Crippen LogP contribution in [0, 0.1) is 0 Å². The van der Waals surface area contributed by atoms with Crippen LogP contribution in [0.1, 0.15) is 36.6 Å². The third-order valence-corrected chi connectivity index (χ3v) is 9.32. The van der Waals surface area contributed by atoms with Crippen molar-refractivity contribution < 1.29 is 23.7 Å². The first kappa shape index (κ1) is 31.3. The first-order valence-electron chi connectivity index (χ1n) is 14.6. The van der Waals surface area contributed by atoms with Crippen molar-refractivity contribution in [2.45, 2.75) is 26.5 Å². The van der Waals surface area contributed by atoms with Gasteiger partial charge in [-0.3, -0.25) is 9.36 Å². The number of benzene rings is 4. The molecule has 2 heterocycles. The van der Waals surface area contributed by atoms with Gasteiger partial charge in [0.2, 0.25) is 0 Å². The van der Waals surface area contributed by atoms with Crippen LogP contribution in [-0.4, -0.2) is 31.4 Å². The Kier molecular flexibility index (Phi) is 9.10. The Hall–Kier alpha value is -4.67. The van der Waals surface area contributed by atoms with E-state index in [1.807, 2.05) is 48.5 Å². The number of carbonyl (C=O) groups is 1. The lowest BCUT2D eigenvalue weighted by Gasteiger charge is -2.24. The molecule has 46 heavy (non-hydrogen) atoms. The van der Waals surface area contributed by atoms with Crippen molar-refractivity contribution in [2.75, 3.05) is 20.8 Å². The highest BCUT2D eigenvalue weighted by Gasteiger charge is 2.33. The van der Waals surface area contributed by atoms with Gasteiger partial charge in [-0.25, -0.2) is 9.79 Å². The number of hydrogen-bond acceptors (Lipinski definition) is 8. The summed E-state index contributed by atoms with van der Waals surface area (Å²) in [5.74, 6) is 1.23. The van der Waals surface area contributed by atoms with E-state index in [4.69, 9.17) is 18.9 Å². The van der Waals surface area contributed by atoms with Crippen LogP contribution in [0.2, 0.25) is 0 Å². The van der Waals surface area contributed by atoms with Gasteiger partial charge < -0.3 is 18.9 Å². The fraction of sp³-hybridized carbons (Fsp3) is 0.194. The van der Waals surface area contributed by atoms with Crippen LogP contribution in [0.5, 0.6) is 17.2 Å². The number of halogens is 1. The smallest absolute Gasteiger partial charge is 0.338 e. The molecule has 0 fully saturated rings. The highest BCUT2D eigenvalue weighted by atomic mass is 79.9. The molecular weight excluding hydrogens is 668 g/mol. The minimum absolute atomic E-state index is 0.202. The van der Waals surface area contributed by atoms with Gasteiger partial charge in [-0.05, 0) is 87.6 Å². The van der Waals surface area contributed by atoms with E-state index < -0.39 is 12.0 Å². The van der Waals surface area contributed by atoms with Crippen LogP contribution in [0.15, 0.2) is 104 Å². The summed E-state index contributed by atoms with van der Waals surface area (Å²) >= 11 is 4.91. The van der Waals surface area contributed by atoms with Crippen LogP contribution in [0.25, 0.3) is 16.8 Å². The number of fused-ring (bicyclic) bond motifs is 2. The van der Waals surface area contributed by atoms with Gasteiger partial charge in [-0.1, -0.05) is 65.9 Å². The number of rotatable bonds is 9. The number of aromatic nitrogens is 1. The summed E-state index contributed by atoms with van der Waals surface area (Å²) in [7, 11) is 3.17. The summed E-state index contributed by atoms with van der Waals surface area (Å²) in [6.45, 7) is 4.06. The highest BCUT2D eigenvalue weighted by Crippen LogP contribution is 2.38. The molecule has 8 nitrogen and oxygen atoms in total. The predicted octanol–water partition coefficient (Wildman–Crippen LogP) is 6.31. The standard InChI is InChI=1S/C36H31BrN2O6S/c1-5-44-35(41)31-21(2)38-36-39(32(31)24-13-15-26(42-3)16-14-24)34(40)30(46-36)19-22-17-28(37)33(29(18-22)43-4)45-20-25-11-8-10-23-9-6-7-12-27(23)25/h6-19,32H,5,20H2,1-4H3/t32-/m1/s1. The summed E-state index contributed by atoms with van der Waals surface area (Å²) in [4.78, 5) is 32.4. The van der Waals surface area contributed by atoms with Gasteiger partial charge in [0, 0.05) is 0 Å². The van der Waals surface area contributed by atoms with Gasteiger partial charge >= 0.3 is 5.97 Å². The Balaban J connectivity index is 1.39. The molecule has 234 valence electrons. The Morgan fingerprint density at radius 2 is 1.78 bits per heavy atom. The number of hydrogen-bond donors (Lipinski definition) is 0. The van der Waals surface area contributed by atoms with Crippen LogP contribution in [-0.2, 0) is 16.1 Å². The van der Waals surface area contributed by atoms with Crippen molar-refractivity contribution in [3.63, 3.8) is 0 Å². The van der Waals surface area contributed by atoms with Gasteiger partial charge in [0.15, 0.2) is 16.3 Å². The van der Waals surface area contributed by atoms with Crippen LogP contribution in [0.4, 0.5) is 0 Å². The van der Waals surface area contributed by atoms with Crippen molar-refractivity contribution in [3.05, 3.63) is 131 Å². The van der Waals surface area contributed by atoms with Crippen molar-refractivity contribution in [1.29, 1.82) is 0 Å². The lowest BCUT2D eigenvalue weighted by Crippen LogP contribution is -2.39. The quantitative estimate of drug-likeness (QED) is 0.168. The molecule has 1 atom stereocenters. The van der Waals surface area contributed by atoms with E-state index in [-0.39, 0.29) is 12.2 Å². The number of nitrogens with zero attached hydrogens (tertiary/aromatic N) is 2. The molecule has 4 aromatic carbocycles. The molecule has 0 aliphatic carbocycles. The maximum absolute atomic E-state index is 14.0. The monoisotopic (exact) mass is 698 g/mol. The second-order valence-electron chi connectivity index (χ2n) is 10.5. The lowest BCUT2D eigenvalue weighted by molar-refractivity contribution is -0.139. The maximum atomic E-state index is 14.0. The summed E-state index contributed by atoms with van der Waals surface area (Å²) < 4.78 is 25.4. The van der Waals surface area contributed by atoms with E-state index in [1.165, 1.54) is 11.3 Å². The van der Waals surface area contributed by atoms with Crippen molar-refractivity contribution >= 4 is 50.1 Å². The lowest BCUT2D eigenvalue weighted by atomic mass is 9.96. The Bertz CT molecular complexity index is 2160. The van der Waals surface area contributed by atoms with E-state index in [1.54, 1.807) is 50.8 Å². The summed E-state index contributed by atoms with van der Waals surface area (Å²) in [6, 6.07) is 24.6. The zero-order valence-corrected chi connectivity index (χ0v) is 28.1. The number of carbonyl (C=O) groups excluding carboxylic acids is 1. The molecule has 0 spiro atoms. The van der Waals surface area contributed by atoms with E-state index in [0.717, 1.165) is 27.5 Å². The van der Waals surface area contributed by atoms with Crippen molar-refractivity contribution in [2.24, 2.45) is 4.99 Å². The molecule has 0 radical (unpaired) electrons. The summed E-state index contributed by atoms with van der Waals surface area (Å²) in [5.41, 5.74) is 3.08. The Morgan fingerprint density at radius 3 is 2.52 bits per heavy atom. The zero-order chi connectivity index (χ0) is 32.4. The van der Waals surface area contributed by atoms with E-state index >= 15 is 0 Å². The second-order valence-corrected chi connectivity index (χ2v) is 12.4. The maximum Gasteiger partial charge on any atom is 0.338 e. The molecule has 1 aromatic heterocycles. The SMILES string of the molecule is CCOC(=O)C1=C(C)N=c2sc(=Cc3cc(Br)c(OCc4cccc5ccccc45)c(OC)c3)c(=O)n2[C@@H]1c1ccc(OC)cc1. The first-order valence-corrected chi connectivity index (χ1v) is 16.2. The number of thiazole rings is 1. The molecule has 0 bridgehead atoms. The minimum Gasteiger partial charge on any atom is -0.497 e. The minimum atomic E-state index is -0.713. The molecule has 0 unspecified atom stereocenters. The fourth-order valence-electron chi connectivity index (χ4n) is 5.58. The van der Waals surface area contributed by atoms with Gasteiger partial charge in [-0.15, -0.1) is 0 Å². The average Bonchev–Trinajstić information content (AvgIpc) is 3.36. The molecule has 0 N–H and O–H groups in total. The topological polar surface area (TPSA) is 88.4 Å². The van der Waals surface area contributed by atoms with Crippen LogP contribution in [0.3, 0.4) is 0 Å².